The Hall–Kier alpha value is -1.04. The smallest absolute Gasteiger partial charge is 0.00954 e. The third-order valence-electron chi connectivity index (χ3n) is 7.39. The minimum Gasteiger partial charge on any atom is -0.0805 e. The Morgan fingerprint density at radius 1 is 0.727 bits per heavy atom. The second-order valence-corrected chi connectivity index (χ2v) is 8.71. The summed E-state index contributed by atoms with van der Waals surface area (Å²) in [5.74, 6) is 5.49. The van der Waals surface area contributed by atoms with Crippen LogP contribution in [-0.4, -0.2) is 0 Å². The Kier molecular flexibility index (Phi) is 3.47. The van der Waals surface area contributed by atoms with E-state index in [0.717, 1.165) is 41.4 Å². The van der Waals surface area contributed by atoms with E-state index in [2.05, 4.69) is 69.4 Å². The first-order valence-electron chi connectivity index (χ1n) is 9.30. The summed E-state index contributed by atoms with van der Waals surface area (Å²) in [5.41, 5.74) is 0.434. The molecule has 0 amide bonds. The quantitative estimate of drug-likeness (QED) is 0.604. The van der Waals surface area contributed by atoms with Crippen molar-refractivity contribution in [1.29, 1.82) is 0 Å². The van der Waals surface area contributed by atoms with Crippen molar-refractivity contribution >= 4 is 0 Å². The molecule has 0 spiro atoms. The van der Waals surface area contributed by atoms with Crippen LogP contribution < -0.4 is 0 Å². The van der Waals surface area contributed by atoms with Crippen LogP contribution in [0.2, 0.25) is 0 Å². The molecule has 4 rings (SSSR count). The number of hydrogen-bond acceptors (Lipinski definition) is 0. The SMILES string of the molecule is CC1CCCC1C(C)(C)C1C2C=CC=CC2C2C=CC=CC21. The Morgan fingerprint density at radius 2 is 1.23 bits per heavy atom. The molecule has 118 valence electrons. The van der Waals surface area contributed by atoms with Crippen molar-refractivity contribution < 1.29 is 0 Å². The van der Waals surface area contributed by atoms with Gasteiger partial charge in [0.05, 0.1) is 0 Å². The molecule has 6 unspecified atom stereocenters. The first kappa shape index (κ1) is 14.5. The summed E-state index contributed by atoms with van der Waals surface area (Å²) in [6.45, 7) is 7.67. The highest BCUT2D eigenvalue weighted by molar-refractivity contribution is 5.29. The fourth-order valence-electron chi connectivity index (χ4n) is 6.52. The number of hydrogen-bond donors (Lipinski definition) is 0. The van der Waals surface area contributed by atoms with Crippen molar-refractivity contribution in [3.63, 3.8) is 0 Å². The predicted octanol–water partition coefficient (Wildman–Crippen LogP) is 5.80. The van der Waals surface area contributed by atoms with Crippen LogP contribution in [-0.2, 0) is 0 Å². The van der Waals surface area contributed by atoms with Crippen LogP contribution in [0.25, 0.3) is 0 Å². The first-order valence-corrected chi connectivity index (χ1v) is 9.30. The van der Waals surface area contributed by atoms with Crippen molar-refractivity contribution in [1.82, 2.24) is 0 Å². The van der Waals surface area contributed by atoms with Gasteiger partial charge in [-0.2, -0.15) is 0 Å². The topological polar surface area (TPSA) is 0 Å². The molecule has 0 bridgehead atoms. The van der Waals surface area contributed by atoms with Gasteiger partial charge in [0.2, 0.25) is 0 Å². The molecular formula is C22H30. The second-order valence-electron chi connectivity index (χ2n) is 8.71. The summed E-state index contributed by atoms with van der Waals surface area (Å²) in [4.78, 5) is 0. The van der Waals surface area contributed by atoms with Crippen LogP contribution in [0, 0.1) is 46.8 Å². The molecule has 2 fully saturated rings. The van der Waals surface area contributed by atoms with E-state index in [1.54, 1.807) is 0 Å². The van der Waals surface area contributed by atoms with E-state index < -0.39 is 0 Å². The van der Waals surface area contributed by atoms with E-state index in [0.29, 0.717) is 5.41 Å². The third-order valence-corrected chi connectivity index (χ3v) is 7.39. The fourth-order valence-corrected chi connectivity index (χ4v) is 6.52. The fraction of sp³-hybridized carbons (Fsp3) is 0.636. The summed E-state index contributed by atoms with van der Waals surface area (Å²) in [7, 11) is 0. The largest absolute Gasteiger partial charge is 0.0805 e. The minimum atomic E-state index is 0.434. The van der Waals surface area contributed by atoms with Crippen LogP contribution in [0.1, 0.15) is 40.0 Å². The zero-order valence-corrected chi connectivity index (χ0v) is 14.3. The predicted molar refractivity (Wildman–Crippen MR) is 94.3 cm³/mol. The summed E-state index contributed by atoms with van der Waals surface area (Å²) in [5, 5.41) is 0. The summed E-state index contributed by atoms with van der Waals surface area (Å²) in [6, 6.07) is 0. The lowest BCUT2D eigenvalue weighted by Gasteiger charge is -2.45. The molecule has 0 nitrogen and oxygen atoms in total. The number of fused-ring (bicyclic) bond motifs is 3. The molecule has 0 heterocycles. The average Bonchev–Trinajstić information content (AvgIpc) is 3.09. The highest BCUT2D eigenvalue weighted by atomic mass is 14.6. The summed E-state index contributed by atoms with van der Waals surface area (Å²) in [6.07, 6.45) is 23.5. The Balaban J connectivity index is 1.72. The molecule has 4 aliphatic rings. The van der Waals surface area contributed by atoms with Gasteiger partial charge in [-0.05, 0) is 53.3 Å². The number of rotatable bonds is 2. The van der Waals surface area contributed by atoms with Crippen molar-refractivity contribution in [2.45, 2.75) is 40.0 Å². The standard InChI is InChI=1S/C22H30/c1-15-9-8-14-20(15)22(2,3)21-18-12-6-4-10-16(18)17-11-5-7-13-19(17)21/h4-7,10-13,15-21H,8-9,14H2,1-3H3. The molecule has 0 heteroatoms. The molecule has 2 saturated carbocycles. The van der Waals surface area contributed by atoms with Crippen molar-refractivity contribution in [3.8, 4) is 0 Å². The van der Waals surface area contributed by atoms with Gasteiger partial charge in [-0.25, -0.2) is 0 Å². The van der Waals surface area contributed by atoms with Crippen LogP contribution in [0.4, 0.5) is 0 Å². The number of allylic oxidation sites excluding steroid dienone is 8. The maximum atomic E-state index is 2.59. The minimum absolute atomic E-state index is 0.434. The van der Waals surface area contributed by atoms with Gasteiger partial charge in [0.15, 0.2) is 0 Å². The van der Waals surface area contributed by atoms with Gasteiger partial charge in [-0.15, -0.1) is 0 Å². The zero-order valence-electron chi connectivity index (χ0n) is 14.3. The normalized spacial score (nSPS) is 46.0. The van der Waals surface area contributed by atoms with Crippen molar-refractivity contribution in [3.05, 3.63) is 48.6 Å². The highest BCUT2D eigenvalue weighted by Crippen LogP contribution is 2.61. The van der Waals surface area contributed by atoms with E-state index in [-0.39, 0.29) is 0 Å². The van der Waals surface area contributed by atoms with Crippen LogP contribution in [0.3, 0.4) is 0 Å². The molecule has 6 atom stereocenters. The molecular weight excluding hydrogens is 264 g/mol. The lowest BCUT2D eigenvalue weighted by molar-refractivity contribution is 0.0535. The molecule has 22 heavy (non-hydrogen) atoms. The lowest BCUT2D eigenvalue weighted by atomic mass is 9.59. The Bertz CT molecular complexity index is 510. The van der Waals surface area contributed by atoms with Gasteiger partial charge in [0.25, 0.3) is 0 Å². The Labute approximate surface area is 136 Å². The second kappa shape index (κ2) is 5.25. The van der Waals surface area contributed by atoms with E-state index in [1.165, 1.54) is 19.3 Å². The highest BCUT2D eigenvalue weighted by Gasteiger charge is 2.55. The van der Waals surface area contributed by atoms with Crippen LogP contribution in [0.5, 0.6) is 0 Å². The summed E-state index contributed by atoms with van der Waals surface area (Å²) < 4.78 is 0. The average molecular weight is 294 g/mol. The van der Waals surface area contributed by atoms with Crippen molar-refractivity contribution in [2.24, 2.45) is 46.8 Å². The first-order chi connectivity index (χ1) is 10.6. The van der Waals surface area contributed by atoms with Crippen LogP contribution in [0.15, 0.2) is 48.6 Å². The molecule has 0 radical (unpaired) electrons. The van der Waals surface area contributed by atoms with Gasteiger partial charge >= 0.3 is 0 Å². The summed E-state index contributed by atoms with van der Waals surface area (Å²) >= 11 is 0. The van der Waals surface area contributed by atoms with Gasteiger partial charge in [-0.1, -0.05) is 82.2 Å². The van der Waals surface area contributed by atoms with Crippen molar-refractivity contribution in [2.75, 3.05) is 0 Å². The van der Waals surface area contributed by atoms with E-state index in [4.69, 9.17) is 0 Å². The van der Waals surface area contributed by atoms with E-state index in [9.17, 15) is 0 Å². The molecule has 0 saturated heterocycles. The van der Waals surface area contributed by atoms with Gasteiger partial charge in [-0.3, -0.25) is 0 Å². The molecule has 0 aliphatic heterocycles. The monoisotopic (exact) mass is 294 g/mol. The van der Waals surface area contributed by atoms with Gasteiger partial charge in [0.1, 0.15) is 0 Å². The maximum absolute atomic E-state index is 2.59. The molecule has 0 aromatic carbocycles. The maximum Gasteiger partial charge on any atom is -0.00954 e. The lowest BCUT2D eigenvalue weighted by Crippen LogP contribution is -2.39. The van der Waals surface area contributed by atoms with Gasteiger partial charge < -0.3 is 0 Å². The van der Waals surface area contributed by atoms with E-state index >= 15 is 0 Å². The van der Waals surface area contributed by atoms with Crippen LogP contribution >= 0.6 is 0 Å². The van der Waals surface area contributed by atoms with E-state index in [1.807, 2.05) is 0 Å². The molecule has 0 aromatic rings. The molecule has 0 aromatic heterocycles. The zero-order chi connectivity index (χ0) is 15.3. The third kappa shape index (κ3) is 2.02. The van der Waals surface area contributed by atoms with Gasteiger partial charge in [0, 0.05) is 0 Å². The molecule has 4 aliphatic carbocycles. The molecule has 0 N–H and O–H groups in total. The Morgan fingerprint density at radius 3 is 1.68 bits per heavy atom.